The predicted octanol–water partition coefficient (Wildman–Crippen LogP) is 1.84. The minimum atomic E-state index is -0.131. The molecule has 0 aromatic heterocycles. The first kappa shape index (κ1) is 14.5. The number of ether oxygens (including phenoxy) is 2. The van der Waals surface area contributed by atoms with E-state index in [4.69, 9.17) is 9.47 Å². The molecule has 2 heterocycles. The van der Waals surface area contributed by atoms with Gasteiger partial charge < -0.3 is 19.7 Å². The molecule has 0 radical (unpaired) electrons. The third-order valence-electron chi connectivity index (χ3n) is 4.06. The molecule has 1 unspecified atom stereocenters. The van der Waals surface area contributed by atoms with Crippen LogP contribution >= 0.6 is 0 Å². The van der Waals surface area contributed by atoms with Crippen LogP contribution in [0.3, 0.4) is 0 Å². The van der Waals surface area contributed by atoms with Crippen molar-refractivity contribution in [3.63, 3.8) is 0 Å². The maximum Gasteiger partial charge on any atom is 0.227 e. The van der Waals surface area contributed by atoms with Crippen LogP contribution in [0.5, 0.6) is 0 Å². The molecule has 1 atom stereocenters. The standard InChI is InChI=1S/C16H22N2O3/c1-12(17-11-16-20-9-10-21-16)13-4-6-14(7-5-13)18-8-2-3-15(18)19/h4-7,12,16-17H,2-3,8-11H2,1H3. The van der Waals surface area contributed by atoms with Crippen molar-refractivity contribution in [2.45, 2.75) is 32.1 Å². The summed E-state index contributed by atoms with van der Waals surface area (Å²) in [4.78, 5) is 13.6. The summed E-state index contributed by atoms with van der Waals surface area (Å²) < 4.78 is 10.8. The van der Waals surface area contributed by atoms with E-state index in [0.29, 0.717) is 26.2 Å². The minimum absolute atomic E-state index is 0.131. The van der Waals surface area contributed by atoms with Crippen molar-refractivity contribution in [3.05, 3.63) is 29.8 Å². The number of carbonyl (C=O) groups is 1. The van der Waals surface area contributed by atoms with E-state index in [1.807, 2.05) is 17.0 Å². The minimum Gasteiger partial charge on any atom is -0.349 e. The van der Waals surface area contributed by atoms with Crippen LogP contribution in [0.1, 0.15) is 31.4 Å². The molecule has 21 heavy (non-hydrogen) atoms. The van der Waals surface area contributed by atoms with Gasteiger partial charge in [-0.05, 0) is 31.0 Å². The van der Waals surface area contributed by atoms with Gasteiger partial charge in [0.2, 0.25) is 5.91 Å². The monoisotopic (exact) mass is 290 g/mol. The number of nitrogens with zero attached hydrogens (tertiary/aromatic N) is 1. The largest absolute Gasteiger partial charge is 0.349 e. The Hall–Kier alpha value is -1.43. The molecule has 1 N–H and O–H groups in total. The van der Waals surface area contributed by atoms with E-state index in [2.05, 4.69) is 24.4 Å². The molecule has 1 aromatic carbocycles. The molecular formula is C16H22N2O3. The van der Waals surface area contributed by atoms with Crippen molar-refractivity contribution in [1.82, 2.24) is 5.32 Å². The van der Waals surface area contributed by atoms with Crippen molar-refractivity contribution >= 4 is 11.6 Å². The zero-order valence-electron chi connectivity index (χ0n) is 12.4. The molecule has 2 fully saturated rings. The first-order valence-electron chi connectivity index (χ1n) is 7.61. The van der Waals surface area contributed by atoms with Crippen LogP contribution in [0.4, 0.5) is 5.69 Å². The van der Waals surface area contributed by atoms with E-state index < -0.39 is 0 Å². The zero-order valence-corrected chi connectivity index (χ0v) is 12.4. The molecule has 2 aliphatic rings. The maximum absolute atomic E-state index is 11.7. The average Bonchev–Trinajstić information content (AvgIpc) is 3.16. The number of hydrogen-bond donors (Lipinski definition) is 1. The highest BCUT2D eigenvalue weighted by Gasteiger charge is 2.22. The van der Waals surface area contributed by atoms with Gasteiger partial charge in [-0.15, -0.1) is 0 Å². The molecule has 2 saturated heterocycles. The number of carbonyl (C=O) groups excluding carboxylic acids is 1. The Morgan fingerprint density at radius 3 is 2.62 bits per heavy atom. The summed E-state index contributed by atoms with van der Waals surface area (Å²) in [6.07, 6.45) is 1.50. The highest BCUT2D eigenvalue weighted by molar-refractivity contribution is 5.95. The summed E-state index contributed by atoms with van der Waals surface area (Å²) in [6, 6.07) is 8.43. The van der Waals surface area contributed by atoms with Gasteiger partial charge in [-0.2, -0.15) is 0 Å². The second kappa shape index (κ2) is 6.56. The fourth-order valence-electron chi connectivity index (χ4n) is 2.78. The quantitative estimate of drug-likeness (QED) is 0.899. The molecule has 0 saturated carbocycles. The van der Waals surface area contributed by atoms with Crippen LogP contribution in [0.15, 0.2) is 24.3 Å². The lowest BCUT2D eigenvalue weighted by molar-refractivity contribution is -0.117. The van der Waals surface area contributed by atoms with Crippen molar-refractivity contribution in [2.24, 2.45) is 0 Å². The van der Waals surface area contributed by atoms with E-state index in [0.717, 1.165) is 18.7 Å². The first-order valence-corrected chi connectivity index (χ1v) is 7.61. The normalized spacial score (nSPS) is 21.2. The lowest BCUT2D eigenvalue weighted by atomic mass is 10.1. The lowest BCUT2D eigenvalue weighted by Gasteiger charge is -2.19. The Morgan fingerprint density at radius 2 is 2.00 bits per heavy atom. The molecule has 5 nitrogen and oxygen atoms in total. The molecule has 3 rings (SSSR count). The SMILES string of the molecule is CC(NCC1OCCO1)c1ccc(N2CCCC2=O)cc1. The number of amides is 1. The molecule has 114 valence electrons. The third kappa shape index (κ3) is 3.43. The summed E-state index contributed by atoms with van der Waals surface area (Å²) in [5.41, 5.74) is 2.19. The van der Waals surface area contributed by atoms with Gasteiger partial charge in [0.05, 0.1) is 13.2 Å². The van der Waals surface area contributed by atoms with Gasteiger partial charge in [-0.3, -0.25) is 4.79 Å². The van der Waals surface area contributed by atoms with E-state index in [1.165, 1.54) is 5.56 Å². The molecule has 1 amide bonds. The fraction of sp³-hybridized carbons (Fsp3) is 0.562. The van der Waals surface area contributed by atoms with Crippen LogP contribution in [0.2, 0.25) is 0 Å². The number of rotatable bonds is 5. The van der Waals surface area contributed by atoms with Crippen LogP contribution < -0.4 is 10.2 Å². The molecule has 5 heteroatoms. The lowest BCUT2D eigenvalue weighted by Crippen LogP contribution is -2.29. The second-order valence-electron chi connectivity index (χ2n) is 5.54. The van der Waals surface area contributed by atoms with Crippen molar-refractivity contribution in [3.8, 4) is 0 Å². The molecule has 2 aliphatic heterocycles. The highest BCUT2D eigenvalue weighted by atomic mass is 16.7. The number of nitrogens with one attached hydrogen (secondary N) is 1. The van der Waals surface area contributed by atoms with E-state index >= 15 is 0 Å². The predicted molar refractivity (Wildman–Crippen MR) is 80.1 cm³/mol. The van der Waals surface area contributed by atoms with E-state index in [1.54, 1.807) is 0 Å². The molecule has 0 aliphatic carbocycles. The Balaban J connectivity index is 1.56. The van der Waals surface area contributed by atoms with Gasteiger partial charge in [0, 0.05) is 31.2 Å². The molecule has 0 spiro atoms. The summed E-state index contributed by atoms with van der Waals surface area (Å²) in [5, 5.41) is 3.41. The maximum atomic E-state index is 11.7. The zero-order chi connectivity index (χ0) is 14.7. The Labute approximate surface area is 125 Å². The Kier molecular flexibility index (Phi) is 4.53. The van der Waals surface area contributed by atoms with Gasteiger partial charge in [-0.1, -0.05) is 12.1 Å². The molecule has 0 bridgehead atoms. The number of hydrogen-bond acceptors (Lipinski definition) is 4. The summed E-state index contributed by atoms with van der Waals surface area (Å²) in [7, 11) is 0. The molecule has 1 aromatic rings. The van der Waals surface area contributed by atoms with Gasteiger partial charge in [0.25, 0.3) is 0 Å². The van der Waals surface area contributed by atoms with Gasteiger partial charge >= 0.3 is 0 Å². The van der Waals surface area contributed by atoms with Gasteiger partial charge in [-0.25, -0.2) is 0 Å². The summed E-state index contributed by atoms with van der Waals surface area (Å²) in [5.74, 6) is 0.226. The van der Waals surface area contributed by atoms with Crippen LogP contribution in [-0.2, 0) is 14.3 Å². The smallest absolute Gasteiger partial charge is 0.227 e. The van der Waals surface area contributed by atoms with Crippen molar-refractivity contribution in [1.29, 1.82) is 0 Å². The Bertz CT molecular complexity index is 483. The summed E-state index contributed by atoms with van der Waals surface area (Å²) in [6.45, 7) is 5.00. The van der Waals surface area contributed by atoms with Crippen LogP contribution in [0, 0.1) is 0 Å². The fourth-order valence-corrected chi connectivity index (χ4v) is 2.78. The Morgan fingerprint density at radius 1 is 1.29 bits per heavy atom. The van der Waals surface area contributed by atoms with Crippen molar-refractivity contribution in [2.75, 3.05) is 31.2 Å². The third-order valence-corrected chi connectivity index (χ3v) is 4.06. The van der Waals surface area contributed by atoms with Crippen LogP contribution in [-0.4, -0.2) is 38.5 Å². The van der Waals surface area contributed by atoms with Gasteiger partial charge in [0.1, 0.15) is 0 Å². The molecular weight excluding hydrogens is 268 g/mol. The average molecular weight is 290 g/mol. The van der Waals surface area contributed by atoms with E-state index in [-0.39, 0.29) is 18.2 Å². The van der Waals surface area contributed by atoms with Crippen molar-refractivity contribution < 1.29 is 14.3 Å². The number of anilines is 1. The second-order valence-corrected chi connectivity index (χ2v) is 5.54. The topological polar surface area (TPSA) is 50.8 Å². The van der Waals surface area contributed by atoms with Gasteiger partial charge in [0.15, 0.2) is 6.29 Å². The number of benzene rings is 1. The summed E-state index contributed by atoms with van der Waals surface area (Å²) >= 11 is 0. The highest BCUT2D eigenvalue weighted by Crippen LogP contribution is 2.23. The first-order chi connectivity index (χ1) is 10.2. The van der Waals surface area contributed by atoms with E-state index in [9.17, 15) is 4.79 Å². The van der Waals surface area contributed by atoms with Crippen LogP contribution in [0.25, 0.3) is 0 Å².